The number of carbonyl (C=O) groups is 1. The second-order valence-electron chi connectivity index (χ2n) is 3.02. The average molecular weight is 312 g/mol. The SMILES string of the molecule is Cl.NCCCNC(=O)c1cc(Br)ccc1F. The quantitative estimate of drug-likeness (QED) is 0.837. The van der Waals surface area contributed by atoms with E-state index in [2.05, 4.69) is 21.2 Å². The highest BCUT2D eigenvalue weighted by molar-refractivity contribution is 9.10. The van der Waals surface area contributed by atoms with Gasteiger partial charge in [0.1, 0.15) is 5.82 Å². The lowest BCUT2D eigenvalue weighted by molar-refractivity contribution is 0.0949. The van der Waals surface area contributed by atoms with E-state index in [1.165, 1.54) is 12.1 Å². The van der Waals surface area contributed by atoms with Crippen molar-refractivity contribution >= 4 is 34.2 Å². The number of hydrogen-bond donors (Lipinski definition) is 2. The third kappa shape index (κ3) is 4.47. The predicted molar refractivity (Wildman–Crippen MR) is 67.4 cm³/mol. The highest BCUT2D eigenvalue weighted by Gasteiger charge is 2.10. The van der Waals surface area contributed by atoms with Gasteiger partial charge < -0.3 is 11.1 Å². The molecule has 1 amide bonds. The van der Waals surface area contributed by atoms with Gasteiger partial charge in [0.2, 0.25) is 0 Å². The minimum Gasteiger partial charge on any atom is -0.352 e. The van der Waals surface area contributed by atoms with E-state index < -0.39 is 11.7 Å². The van der Waals surface area contributed by atoms with Crippen LogP contribution in [0.5, 0.6) is 0 Å². The van der Waals surface area contributed by atoms with Gasteiger partial charge in [-0.05, 0) is 31.2 Å². The van der Waals surface area contributed by atoms with E-state index in [1.54, 1.807) is 6.07 Å². The van der Waals surface area contributed by atoms with Crippen LogP contribution < -0.4 is 11.1 Å². The Morgan fingerprint density at radius 1 is 1.50 bits per heavy atom. The Morgan fingerprint density at radius 3 is 2.81 bits per heavy atom. The topological polar surface area (TPSA) is 55.1 Å². The second-order valence-corrected chi connectivity index (χ2v) is 3.94. The summed E-state index contributed by atoms with van der Waals surface area (Å²) in [6, 6.07) is 4.25. The normalized spacial score (nSPS) is 9.44. The lowest BCUT2D eigenvalue weighted by Crippen LogP contribution is -2.26. The van der Waals surface area contributed by atoms with Gasteiger partial charge in [-0.2, -0.15) is 0 Å². The molecule has 0 radical (unpaired) electrons. The van der Waals surface area contributed by atoms with E-state index in [-0.39, 0.29) is 18.0 Å². The number of benzene rings is 1. The Bertz CT molecular complexity index is 363. The molecule has 0 heterocycles. The maximum absolute atomic E-state index is 13.2. The van der Waals surface area contributed by atoms with Crippen molar-refractivity contribution in [3.63, 3.8) is 0 Å². The summed E-state index contributed by atoms with van der Waals surface area (Å²) in [5.41, 5.74) is 5.32. The van der Waals surface area contributed by atoms with Gasteiger partial charge in [-0.3, -0.25) is 4.79 Å². The van der Waals surface area contributed by atoms with E-state index in [0.29, 0.717) is 24.0 Å². The van der Waals surface area contributed by atoms with Gasteiger partial charge in [0.25, 0.3) is 5.91 Å². The maximum atomic E-state index is 13.2. The molecule has 0 fully saturated rings. The summed E-state index contributed by atoms with van der Waals surface area (Å²) in [5, 5.41) is 2.59. The van der Waals surface area contributed by atoms with Crippen molar-refractivity contribution in [3.8, 4) is 0 Å². The van der Waals surface area contributed by atoms with Gasteiger partial charge in [0.05, 0.1) is 5.56 Å². The van der Waals surface area contributed by atoms with Crippen LogP contribution in [0, 0.1) is 5.82 Å². The third-order valence-electron chi connectivity index (χ3n) is 1.84. The first-order valence-electron chi connectivity index (χ1n) is 4.58. The molecule has 1 aromatic carbocycles. The van der Waals surface area contributed by atoms with Crippen LogP contribution in [0.15, 0.2) is 22.7 Å². The molecule has 0 aliphatic heterocycles. The zero-order valence-electron chi connectivity index (χ0n) is 8.50. The van der Waals surface area contributed by atoms with Crippen LogP contribution in [-0.2, 0) is 0 Å². The van der Waals surface area contributed by atoms with E-state index in [1.807, 2.05) is 0 Å². The maximum Gasteiger partial charge on any atom is 0.254 e. The van der Waals surface area contributed by atoms with Crippen LogP contribution in [0.2, 0.25) is 0 Å². The Kier molecular flexibility index (Phi) is 7.29. The fraction of sp³-hybridized carbons (Fsp3) is 0.300. The number of carbonyl (C=O) groups excluding carboxylic acids is 1. The monoisotopic (exact) mass is 310 g/mol. The molecule has 1 aromatic rings. The number of rotatable bonds is 4. The number of hydrogen-bond acceptors (Lipinski definition) is 2. The molecule has 0 saturated carbocycles. The van der Waals surface area contributed by atoms with Crippen molar-refractivity contribution < 1.29 is 9.18 Å². The summed E-state index contributed by atoms with van der Waals surface area (Å²) in [6.07, 6.45) is 0.682. The molecule has 0 atom stereocenters. The molecule has 0 saturated heterocycles. The molecule has 0 unspecified atom stereocenters. The molecule has 0 aliphatic rings. The first kappa shape index (κ1) is 15.3. The average Bonchev–Trinajstić information content (AvgIpc) is 2.22. The fourth-order valence-electron chi connectivity index (χ4n) is 1.07. The molecule has 0 aromatic heterocycles. The summed E-state index contributed by atoms with van der Waals surface area (Å²) >= 11 is 3.18. The summed E-state index contributed by atoms with van der Waals surface area (Å²) in [5.74, 6) is -0.939. The summed E-state index contributed by atoms with van der Waals surface area (Å²) < 4.78 is 13.9. The number of halogens is 3. The zero-order valence-corrected chi connectivity index (χ0v) is 10.9. The molecular formula is C10H13BrClFN2O. The van der Waals surface area contributed by atoms with Crippen LogP contribution in [0.4, 0.5) is 4.39 Å². The van der Waals surface area contributed by atoms with Crippen molar-refractivity contribution in [2.75, 3.05) is 13.1 Å². The number of amides is 1. The van der Waals surface area contributed by atoms with Crippen LogP contribution in [0.3, 0.4) is 0 Å². The molecule has 90 valence electrons. The first-order chi connectivity index (χ1) is 7.15. The zero-order chi connectivity index (χ0) is 11.3. The minimum atomic E-state index is -0.525. The smallest absolute Gasteiger partial charge is 0.254 e. The Morgan fingerprint density at radius 2 is 2.19 bits per heavy atom. The van der Waals surface area contributed by atoms with E-state index in [4.69, 9.17) is 5.73 Å². The van der Waals surface area contributed by atoms with Gasteiger partial charge in [-0.25, -0.2) is 4.39 Å². The largest absolute Gasteiger partial charge is 0.352 e. The minimum absolute atomic E-state index is 0. The Labute approximate surface area is 108 Å². The number of nitrogens with one attached hydrogen (secondary N) is 1. The lowest BCUT2D eigenvalue weighted by atomic mass is 10.2. The molecule has 6 heteroatoms. The summed E-state index contributed by atoms with van der Waals surface area (Å²) in [7, 11) is 0. The van der Waals surface area contributed by atoms with E-state index >= 15 is 0 Å². The van der Waals surface area contributed by atoms with Gasteiger partial charge in [-0.15, -0.1) is 12.4 Å². The van der Waals surface area contributed by atoms with Crippen LogP contribution in [0.1, 0.15) is 16.8 Å². The van der Waals surface area contributed by atoms with Crippen LogP contribution >= 0.6 is 28.3 Å². The Balaban J connectivity index is 0.00000225. The van der Waals surface area contributed by atoms with Gasteiger partial charge in [-0.1, -0.05) is 15.9 Å². The Hall–Kier alpha value is -0.650. The van der Waals surface area contributed by atoms with Crippen LogP contribution in [-0.4, -0.2) is 19.0 Å². The van der Waals surface area contributed by atoms with Gasteiger partial charge in [0, 0.05) is 11.0 Å². The third-order valence-corrected chi connectivity index (χ3v) is 2.33. The van der Waals surface area contributed by atoms with Gasteiger partial charge >= 0.3 is 0 Å². The van der Waals surface area contributed by atoms with E-state index in [9.17, 15) is 9.18 Å². The number of nitrogens with two attached hydrogens (primary N) is 1. The molecule has 0 aliphatic carbocycles. The summed E-state index contributed by atoms with van der Waals surface area (Å²) in [6.45, 7) is 0.961. The molecule has 3 nitrogen and oxygen atoms in total. The summed E-state index contributed by atoms with van der Waals surface area (Å²) in [4.78, 5) is 11.5. The lowest BCUT2D eigenvalue weighted by Gasteiger charge is -2.05. The van der Waals surface area contributed by atoms with E-state index in [0.717, 1.165) is 0 Å². The van der Waals surface area contributed by atoms with Crippen molar-refractivity contribution in [2.45, 2.75) is 6.42 Å². The standard InChI is InChI=1S/C10H12BrFN2O.ClH/c11-7-2-3-9(12)8(6-7)10(15)14-5-1-4-13;/h2-3,6H,1,4-5,13H2,(H,14,15);1H. The predicted octanol–water partition coefficient (Wildman–Crippen LogP) is 2.09. The van der Waals surface area contributed by atoms with Crippen molar-refractivity contribution in [2.24, 2.45) is 5.73 Å². The highest BCUT2D eigenvalue weighted by Crippen LogP contribution is 2.15. The highest BCUT2D eigenvalue weighted by atomic mass is 79.9. The van der Waals surface area contributed by atoms with Crippen molar-refractivity contribution in [1.29, 1.82) is 0 Å². The van der Waals surface area contributed by atoms with Crippen LogP contribution in [0.25, 0.3) is 0 Å². The first-order valence-corrected chi connectivity index (χ1v) is 5.37. The molecule has 0 bridgehead atoms. The molecule has 1 rings (SSSR count). The van der Waals surface area contributed by atoms with Gasteiger partial charge in [0.15, 0.2) is 0 Å². The van der Waals surface area contributed by atoms with Crippen molar-refractivity contribution in [3.05, 3.63) is 34.1 Å². The van der Waals surface area contributed by atoms with Crippen molar-refractivity contribution in [1.82, 2.24) is 5.32 Å². The molecule has 16 heavy (non-hydrogen) atoms. The second kappa shape index (κ2) is 7.60. The molecular weight excluding hydrogens is 298 g/mol. The molecule has 0 spiro atoms. The molecule has 3 N–H and O–H groups in total. The fourth-order valence-corrected chi connectivity index (χ4v) is 1.43.